The van der Waals surface area contributed by atoms with E-state index in [1.165, 1.54) is 5.56 Å². The van der Waals surface area contributed by atoms with Crippen molar-refractivity contribution in [3.8, 4) is 0 Å². The minimum absolute atomic E-state index is 0.564. The Bertz CT molecular complexity index is 727. The summed E-state index contributed by atoms with van der Waals surface area (Å²) >= 11 is 5.88. The molecular weight excluding hydrogens is 324 g/mol. The van der Waals surface area contributed by atoms with Crippen LogP contribution in [0.5, 0.6) is 0 Å². The fraction of sp³-hybridized carbons (Fsp3) is 0.263. The predicted octanol–water partition coefficient (Wildman–Crippen LogP) is 4.57. The van der Waals surface area contributed by atoms with Gasteiger partial charge in [-0.15, -0.1) is 0 Å². The van der Waals surface area contributed by atoms with Gasteiger partial charge < -0.3 is 10.6 Å². The van der Waals surface area contributed by atoms with Crippen LogP contribution in [0.15, 0.2) is 42.5 Å². The first-order valence-corrected chi connectivity index (χ1v) is 8.35. The molecule has 5 heteroatoms. The zero-order valence-corrected chi connectivity index (χ0v) is 14.6. The minimum Gasteiger partial charge on any atom is -0.318 e. The van der Waals surface area contributed by atoms with Gasteiger partial charge in [0.05, 0.1) is 0 Å². The van der Waals surface area contributed by atoms with Crippen LogP contribution in [0.4, 0.5) is 11.4 Å². The van der Waals surface area contributed by atoms with E-state index in [2.05, 4.69) is 17.6 Å². The maximum absolute atomic E-state index is 12.0. The highest BCUT2D eigenvalue weighted by molar-refractivity contribution is 6.43. The number of hydrogen-bond donors (Lipinski definition) is 2. The molecule has 0 aromatic heterocycles. The van der Waals surface area contributed by atoms with Crippen LogP contribution in [0, 0.1) is 6.92 Å². The van der Waals surface area contributed by atoms with E-state index in [-0.39, 0.29) is 0 Å². The van der Waals surface area contributed by atoms with Crippen LogP contribution in [0.2, 0.25) is 5.02 Å². The van der Waals surface area contributed by atoms with Crippen molar-refractivity contribution in [2.24, 2.45) is 0 Å². The molecule has 0 aliphatic rings. The molecule has 0 radical (unpaired) electrons. The van der Waals surface area contributed by atoms with Crippen LogP contribution in [-0.2, 0) is 16.0 Å². The van der Waals surface area contributed by atoms with Gasteiger partial charge in [0.2, 0.25) is 0 Å². The van der Waals surface area contributed by atoms with Crippen molar-refractivity contribution < 1.29 is 9.59 Å². The molecule has 0 spiro atoms. The van der Waals surface area contributed by atoms with Crippen LogP contribution in [0.1, 0.15) is 30.9 Å². The van der Waals surface area contributed by atoms with Gasteiger partial charge in [0, 0.05) is 16.4 Å². The van der Waals surface area contributed by atoms with Gasteiger partial charge in [0.15, 0.2) is 0 Å². The second-order valence-electron chi connectivity index (χ2n) is 5.67. The Morgan fingerprint density at radius 3 is 2.29 bits per heavy atom. The predicted molar refractivity (Wildman–Crippen MR) is 98.5 cm³/mol. The van der Waals surface area contributed by atoms with Gasteiger partial charge in [0.1, 0.15) is 0 Å². The highest BCUT2D eigenvalue weighted by Crippen LogP contribution is 2.19. The van der Waals surface area contributed by atoms with Gasteiger partial charge in [-0.3, -0.25) is 9.59 Å². The Kier molecular flexibility index (Phi) is 6.38. The smallest absolute Gasteiger partial charge is 0.314 e. The van der Waals surface area contributed by atoms with E-state index in [9.17, 15) is 9.59 Å². The van der Waals surface area contributed by atoms with Crippen molar-refractivity contribution in [2.45, 2.75) is 33.1 Å². The van der Waals surface area contributed by atoms with Crippen LogP contribution >= 0.6 is 11.6 Å². The Morgan fingerprint density at radius 2 is 1.67 bits per heavy atom. The molecule has 4 nitrogen and oxygen atoms in total. The minimum atomic E-state index is -0.713. The third kappa shape index (κ3) is 5.10. The van der Waals surface area contributed by atoms with E-state index >= 15 is 0 Å². The third-order valence-corrected chi connectivity index (χ3v) is 3.91. The largest absolute Gasteiger partial charge is 0.318 e. The molecule has 2 aromatic rings. The lowest BCUT2D eigenvalue weighted by molar-refractivity contribution is -0.133. The quantitative estimate of drug-likeness (QED) is 0.781. The summed E-state index contributed by atoms with van der Waals surface area (Å²) < 4.78 is 0. The lowest BCUT2D eigenvalue weighted by Crippen LogP contribution is -2.29. The molecule has 126 valence electrons. The average Bonchev–Trinajstić information content (AvgIpc) is 2.56. The van der Waals surface area contributed by atoms with E-state index in [1.807, 2.05) is 31.2 Å². The molecule has 2 N–H and O–H groups in total. The molecule has 0 saturated heterocycles. The van der Waals surface area contributed by atoms with Crippen molar-refractivity contribution in [1.82, 2.24) is 0 Å². The first kappa shape index (κ1) is 18.0. The lowest BCUT2D eigenvalue weighted by Gasteiger charge is -2.09. The van der Waals surface area contributed by atoms with Crippen molar-refractivity contribution in [1.29, 1.82) is 0 Å². The SMILES string of the molecule is CCCCc1ccc(NC(=O)C(=O)Nc2ccc(Cl)cc2C)cc1. The Labute approximate surface area is 147 Å². The molecule has 0 bridgehead atoms. The summed E-state index contributed by atoms with van der Waals surface area (Å²) in [5.41, 5.74) is 3.18. The molecule has 2 aromatic carbocycles. The molecule has 24 heavy (non-hydrogen) atoms. The van der Waals surface area contributed by atoms with E-state index in [0.29, 0.717) is 16.4 Å². The molecule has 0 saturated carbocycles. The number of nitrogens with one attached hydrogen (secondary N) is 2. The van der Waals surface area contributed by atoms with Crippen molar-refractivity contribution in [3.05, 3.63) is 58.6 Å². The van der Waals surface area contributed by atoms with Gasteiger partial charge in [0.25, 0.3) is 0 Å². The summed E-state index contributed by atoms with van der Waals surface area (Å²) in [7, 11) is 0. The molecule has 0 aliphatic heterocycles. The lowest BCUT2D eigenvalue weighted by atomic mass is 10.1. The van der Waals surface area contributed by atoms with Crippen LogP contribution in [-0.4, -0.2) is 11.8 Å². The van der Waals surface area contributed by atoms with E-state index in [1.54, 1.807) is 18.2 Å². The van der Waals surface area contributed by atoms with Crippen molar-refractivity contribution in [2.75, 3.05) is 10.6 Å². The van der Waals surface area contributed by atoms with Gasteiger partial charge >= 0.3 is 11.8 Å². The summed E-state index contributed by atoms with van der Waals surface area (Å²) in [6, 6.07) is 12.6. The molecule has 0 heterocycles. The number of aryl methyl sites for hydroxylation is 2. The average molecular weight is 345 g/mol. The molecule has 0 atom stereocenters. The number of carbonyl (C=O) groups excluding carboxylic acids is 2. The topological polar surface area (TPSA) is 58.2 Å². The number of carbonyl (C=O) groups is 2. The number of anilines is 2. The third-order valence-electron chi connectivity index (χ3n) is 3.67. The number of amides is 2. The molecular formula is C19H21ClN2O2. The summed E-state index contributed by atoms with van der Waals surface area (Å²) in [4.78, 5) is 24.0. The molecule has 0 aliphatic carbocycles. The monoisotopic (exact) mass is 344 g/mol. The normalized spacial score (nSPS) is 10.3. The van der Waals surface area contributed by atoms with Gasteiger partial charge in [-0.05, 0) is 61.2 Å². The standard InChI is InChI=1S/C19H21ClN2O2/c1-3-4-5-14-6-9-16(10-7-14)21-18(23)19(24)22-17-11-8-15(20)12-13(17)2/h6-12H,3-5H2,1-2H3,(H,21,23)(H,22,24). The maximum atomic E-state index is 12.0. The van der Waals surface area contributed by atoms with Gasteiger partial charge in [-0.25, -0.2) is 0 Å². The van der Waals surface area contributed by atoms with Gasteiger partial charge in [-0.2, -0.15) is 0 Å². The summed E-state index contributed by atoms with van der Waals surface area (Å²) in [5.74, 6) is -1.42. The summed E-state index contributed by atoms with van der Waals surface area (Å²) in [6.07, 6.45) is 3.29. The Morgan fingerprint density at radius 1 is 1.00 bits per heavy atom. The first-order valence-electron chi connectivity index (χ1n) is 7.97. The maximum Gasteiger partial charge on any atom is 0.314 e. The Hall–Kier alpha value is -2.33. The van der Waals surface area contributed by atoms with Crippen LogP contribution in [0.3, 0.4) is 0 Å². The van der Waals surface area contributed by atoms with Gasteiger partial charge in [-0.1, -0.05) is 37.1 Å². The van der Waals surface area contributed by atoms with E-state index in [4.69, 9.17) is 11.6 Å². The molecule has 0 fully saturated rings. The van der Waals surface area contributed by atoms with Crippen molar-refractivity contribution >= 4 is 34.8 Å². The Balaban J connectivity index is 1.94. The fourth-order valence-corrected chi connectivity index (χ4v) is 2.50. The van der Waals surface area contributed by atoms with E-state index in [0.717, 1.165) is 24.8 Å². The van der Waals surface area contributed by atoms with Crippen LogP contribution in [0.25, 0.3) is 0 Å². The number of hydrogen-bond acceptors (Lipinski definition) is 2. The highest BCUT2D eigenvalue weighted by atomic mass is 35.5. The molecule has 0 unspecified atom stereocenters. The zero-order valence-electron chi connectivity index (χ0n) is 13.9. The summed E-state index contributed by atoms with van der Waals surface area (Å²) in [6.45, 7) is 3.96. The molecule has 2 rings (SSSR count). The highest BCUT2D eigenvalue weighted by Gasteiger charge is 2.15. The second kappa shape index (κ2) is 8.50. The first-order chi connectivity index (χ1) is 11.5. The number of benzene rings is 2. The second-order valence-corrected chi connectivity index (χ2v) is 6.10. The van der Waals surface area contributed by atoms with Crippen molar-refractivity contribution in [3.63, 3.8) is 0 Å². The number of unbranched alkanes of at least 4 members (excludes halogenated alkanes) is 1. The zero-order chi connectivity index (χ0) is 17.5. The number of halogens is 1. The summed E-state index contributed by atoms with van der Waals surface area (Å²) in [5, 5.41) is 5.77. The fourth-order valence-electron chi connectivity index (χ4n) is 2.27. The number of rotatable bonds is 5. The van der Waals surface area contributed by atoms with E-state index < -0.39 is 11.8 Å². The van der Waals surface area contributed by atoms with Crippen LogP contribution < -0.4 is 10.6 Å². The molecule has 2 amide bonds.